The fourth-order valence-corrected chi connectivity index (χ4v) is 5.79. The molecule has 6 heteroatoms. The number of benzene rings is 1. The lowest BCUT2D eigenvalue weighted by Gasteiger charge is -2.60. The zero-order valence-corrected chi connectivity index (χ0v) is 15.5. The Balaban J connectivity index is 1.66. The van der Waals surface area contributed by atoms with Crippen molar-refractivity contribution in [2.24, 2.45) is 23.7 Å². The lowest BCUT2D eigenvalue weighted by atomic mass is 9.48. The van der Waals surface area contributed by atoms with Crippen molar-refractivity contribution in [2.45, 2.75) is 50.6 Å². The standard InChI is InChI=1S/C21H26N2O4/c1-12(19(25)26)22-20(27)21(23-18(24)15-5-3-2-4-6-15)16-8-13-7-14(10-16)11-17(21)9-13/h2-6,12-14,16-17H,7-11H2,1H3,(H,22,27)(H,23,24)(H,25,26)/t12-,13?,14?,16?,17?,21?/m1/s1. The Morgan fingerprint density at radius 1 is 1.00 bits per heavy atom. The van der Waals surface area contributed by atoms with Crippen molar-refractivity contribution < 1.29 is 19.5 Å². The minimum absolute atomic E-state index is 0.0717. The van der Waals surface area contributed by atoms with Crippen LogP contribution >= 0.6 is 0 Å². The van der Waals surface area contributed by atoms with E-state index in [1.54, 1.807) is 24.3 Å². The molecule has 1 aromatic rings. The van der Waals surface area contributed by atoms with Crippen LogP contribution in [-0.2, 0) is 9.59 Å². The predicted molar refractivity (Wildman–Crippen MR) is 98.9 cm³/mol. The van der Waals surface area contributed by atoms with Crippen LogP contribution in [-0.4, -0.2) is 34.5 Å². The molecular weight excluding hydrogens is 344 g/mol. The van der Waals surface area contributed by atoms with Gasteiger partial charge in [-0.2, -0.15) is 0 Å². The van der Waals surface area contributed by atoms with Crippen molar-refractivity contribution in [3.8, 4) is 0 Å². The summed E-state index contributed by atoms with van der Waals surface area (Å²) in [7, 11) is 0. The number of hydrogen-bond donors (Lipinski definition) is 3. The lowest BCUT2D eigenvalue weighted by molar-refractivity contribution is -0.150. The smallest absolute Gasteiger partial charge is 0.325 e. The number of carboxylic acid groups (broad SMARTS) is 1. The van der Waals surface area contributed by atoms with Gasteiger partial charge in [0.2, 0.25) is 5.91 Å². The first-order chi connectivity index (χ1) is 12.9. The van der Waals surface area contributed by atoms with E-state index in [0.29, 0.717) is 17.4 Å². The van der Waals surface area contributed by atoms with Gasteiger partial charge in [-0.15, -0.1) is 0 Å². The first-order valence-electron chi connectivity index (χ1n) is 9.81. The lowest BCUT2D eigenvalue weighted by Crippen LogP contribution is -2.73. The Hall–Kier alpha value is -2.37. The summed E-state index contributed by atoms with van der Waals surface area (Å²) < 4.78 is 0. The number of hydrogen-bond acceptors (Lipinski definition) is 3. The average molecular weight is 370 g/mol. The van der Waals surface area contributed by atoms with E-state index in [9.17, 15) is 19.5 Å². The van der Waals surface area contributed by atoms with Gasteiger partial charge in [-0.25, -0.2) is 0 Å². The van der Waals surface area contributed by atoms with Crippen LogP contribution in [0.25, 0.3) is 0 Å². The van der Waals surface area contributed by atoms with Gasteiger partial charge in [-0.1, -0.05) is 18.2 Å². The minimum atomic E-state index is -1.07. The molecule has 1 aromatic carbocycles. The van der Waals surface area contributed by atoms with Crippen molar-refractivity contribution in [2.75, 3.05) is 0 Å². The normalized spacial score (nSPS) is 34.7. The predicted octanol–water partition coefficient (Wildman–Crippen LogP) is 2.20. The molecule has 4 aliphatic rings. The van der Waals surface area contributed by atoms with Gasteiger partial charge in [0.25, 0.3) is 5.91 Å². The Bertz CT molecular complexity index is 733. The van der Waals surface area contributed by atoms with E-state index in [-0.39, 0.29) is 23.7 Å². The highest BCUT2D eigenvalue weighted by atomic mass is 16.4. The largest absolute Gasteiger partial charge is 0.480 e. The molecule has 2 amide bonds. The Morgan fingerprint density at radius 2 is 1.56 bits per heavy atom. The molecule has 0 aliphatic heterocycles. The molecular formula is C21H26N2O4. The van der Waals surface area contributed by atoms with Crippen molar-refractivity contribution in [3.05, 3.63) is 35.9 Å². The second-order valence-electron chi connectivity index (χ2n) is 8.53. The molecule has 0 radical (unpaired) electrons. The summed E-state index contributed by atoms with van der Waals surface area (Å²) in [6.45, 7) is 1.46. The summed E-state index contributed by atoms with van der Waals surface area (Å²) >= 11 is 0. The Morgan fingerprint density at radius 3 is 2.07 bits per heavy atom. The minimum Gasteiger partial charge on any atom is -0.480 e. The molecule has 4 bridgehead atoms. The third kappa shape index (κ3) is 3.01. The molecule has 0 heterocycles. The zero-order valence-electron chi connectivity index (χ0n) is 15.5. The maximum Gasteiger partial charge on any atom is 0.325 e. The fraction of sp³-hybridized carbons (Fsp3) is 0.571. The molecule has 3 N–H and O–H groups in total. The van der Waals surface area contributed by atoms with Crippen LogP contribution in [0.4, 0.5) is 0 Å². The number of amides is 2. The molecule has 4 fully saturated rings. The Labute approximate surface area is 158 Å². The van der Waals surface area contributed by atoms with Crippen LogP contribution in [0.2, 0.25) is 0 Å². The summed E-state index contributed by atoms with van der Waals surface area (Å²) in [6.07, 6.45) is 4.94. The summed E-state index contributed by atoms with van der Waals surface area (Å²) in [5, 5.41) is 15.0. The summed E-state index contributed by atoms with van der Waals surface area (Å²) in [5.41, 5.74) is -0.492. The zero-order chi connectivity index (χ0) is 19.2. The van der Waals surface area contributed by atoms with Crippen molar-refractivity contribution >= 4 is 17.8 Å². The maximum absolute atomic E-state index is 13.3. The summed E-state index contributed by atoms with van der Waals surface area (Å²) in [6, 6.07) is 7.92. The van der Waals surface area contributed by atoms with Crippen LogP contribution in [0.15, 0.2) is 30.3 Å². The topological polar surface area (TPSA) is 95.5 Å². The highest BCUT2D eigenvalue weighted by Crippen LogP contribution is 2.58. The first kappa shape index (κ1) is 18.0. The van der Waals surface area contributed by atoms with E-state index in [1.165, 1.54) is 13.3 Å². The average Bonchev–Trinajstić information content (AvgIpc) is 2.64. The second kappa shape index (κ2) is 6.66. The molecule has 0 aromatic heterocycles. The Kier molecular flexibility index (Phi) is 4.44. The summed E-state index contributed by atoms with van der Waals surface area (Å²) in [5.74, 6) is -0.281. The number of rotatable bonds is 5. The molecule has 0 saturated heterocycles. The van der Waals surface area contributed by atoms with Crippen LogP contribution in [0, 0.1) is 23.7 Å². The highest BCUT2D eigenvalue weighted by molar-refractivity contribution is 6.00. The van der Waals surface area contributed by atoms with E-state index in [4.69, 9.17) is 0 Å². The van der Waals surface area contributed by atoms with Gasteiger partial charge < -0.3 is 15.7 Å². The first-order valence-corrected chi connectivity index (χ1v) is 9.81. The molecule has 0 unspecified atom stereocenters. The third-order valence-corrected chi connectivity index (χ3v) is 6.88. The van der Waals surface area contributed by atoms with Crippen molar-refractivity contribution in [1.82, 2.24) is 10.6 Å². The molecule has 5 rings (SSSR count). The second-order valence-corrected chi connectivity index (χ2v) is 8.53. The van der Waals surface area contributed by atoms with E-state index < -0.39 is 17.6 Å². The van der Waals surface area contributed by atoms with E-state index in [0.717, 1.165) is 25.7 Å². The number of carbonyl (C=O) groups excluding carboxylic acids is 2. The quantitative estimate of drug-likeness (QED) is 0.740. The molecule has 1 atom stereocenters. The van der Waals surface area contributed by atoms with Crippen LogP contribution in [0.5, 0.6) is 0 Å². The SMILES string of the molecule is C[C@@H](NC(=O)C1(NC(=O)c2ccccc2)C2CC3CC(C2)CC1C3)C(=O)O. The molecule has 0 spiro atoms. The monoisotopic (exact) mass is 370 g/mol. The van der Waals surface area contributed by atoms with Gasteiger partial charge in [0.15, 0.2) is 0 Å². The molecule has 144 valence electrons. The third-order valence-electron chi connectivity index (χ3n) is 6.88. The van der Waals surface area contributed by atoms with Gasteiger partial charge in [-0.05, 0) is 74.8 Å². The molecule has 27 heavy (non-hydrogen) atoms. The van der Waals surface area contributed by atoms with Crippen LogP contribution < -0.4 is 10.6 Å². The van der Waals surface area contributed by atoms with E-state index >= 15 is 0 Å². The molecule has 4 saturated carbocycles. The van der Waals surface area contributed by atoms with E-state index in [2.05, 4.69) is 10.6 Å². The van der Waals surface area contributed by atoms with Gasteiger partial charge in [0.1, 0.15) is 11.6 Å². The molecule has 6 nitrogen and oxygen atoms in total. The number of nitrogens with one attached hydrogen (secondary N) is 2. The fourth-order valence-electron chi connectivity index (χ4n) is 5.79. The van der Waals surface area contributed by atoms with Gasteiger partial charge in [-0.3, -0.25) is 14.4 Å². The van der Waals surface area contributed by atoms with Crippen molar-refractivity contribution in [3.63, 3.8) is 0 Å². The molecule has 4 aliphatic carbocycles. The highest BCUT2D eigenvalue weighted by Gasteiger charge is 2.61. The number of aliphatic carboxylic acids is 1. The summed E-state index contributed by atoms with van der Waals surface area (Å²) in [4.78, 5) is 37.6. The van der Waals surface area contributed by atoms with Gasteiger partial charge in [0.05, 0.1) is 0 Å². The van der Waals surface area contributed by atoms with Crippen molar-refractivity contribution in [1.29, 1.82) is 0 Å². The number of carbonyl (C=O) groups is 3. The van der Waals surface area contributed by atoms with Crippen LogP contribution in [0.3, 0.4) is 0 Å². The van der Waals surface area contributed by atoms with Gasteiger partial charge in [0, 0.05) is 5.56 Å². The van der Waals surface area contributed by atoms with Crippen LogP contribution in [0.1, 0.15) is 49.4 Å². The van der Waals surface area contributed by atoms with E-state index in [1.807, 2.05) is 6.07 Å². The maximum atomic E-state index is 13.3. The van der Waals surface area contributed by atoms with Gasteiger partial charge >= 0.3 is 5.97 Å². The number of carboxylic acids is 1.